The van der Waals surface area contributed by atoms with Gasteiger partial charge in [0.05, 0.1) is 0 Å². The number of aliphatic hydroxyl groups excluding tert-OH is 2. The Kier molecular flexibility index (Phi) is 14.8. The minimum Gasteiger partial charge on any atom is -0.396 e. The lowest BCUT2D eigenvalue weighted by Crippen LogP contribution is -1.81. The molecule has 0 unspecified atom stereocenters. The maximum absolute atomic E-state index is 8.57. The first-order chi connectivity index (χ1) is 8.41. The van der Waals surface area contributed by atoms with Crippen molar-refractivity contribution >= 4 is 11.8 Å². The van der Waals surface area contributed by atoms with Gasteiger partial charge < -0.3 is 10.2 Å². The first kappa shape index (κ1) is 16.4. The second-order valence-corrected chi connectivity index (χ2v) is 4.34. The zero-order valence-electron chi connectivity index (χ0n) is 10.4. The maximum atomic E-state index is 8.57. The van der Waals surface area contributed by atoms with Crippen molar-refractivity contribution in [2.75, 3.05) is 13.2 Å². The topological polar surface area (TPSA) is 40.5 Å². The Bertz CT molecular complexity index is 239. The van der Waals surface area contributed by atoms with Crippen molar-refractivity contribution in [1.29, 1.82) is 0 Å². The standard InChI is InChI=1S/C14H22O2S/c15-11-7-3-1-5-9-13-17-14-10-6-2-4-8-12-16/h15-16H,1-8,11-12H2. The van der Waals surface area contributed by atoms with Crippen LogP contribution in [0.25, 0.3) is 0 Å². The predicted octanol–water partition coefficient (Wildman–Crippen LogP) is 2.75. The molecule has 0 radical (unpaired) electrons. The van der Waals surface area contributed by atoms with E-state index < -0.39 is 0 Å². The van der Waals surface area contributed by atoms with Crippen molar-refractivity contribution in [2.45, 2.75) is 51.4 Å². The van der Waals surface area contributed by atoms with Gasteiger partial charge in [-0.05, 0) is 36.2 Å². The highest BCUT2D eigenvalue weighted by Gasteiger charge is 1.85. The SMILES string of the molecule is OCCCCCC#CSC#CCCCCCO. The van der Waals surface area contributed by atoms with Crippen LogP contribution in [-0.2, 0) is 0 Å². The molecule has 0 bridgehead atoms. The van der Waals surface area contributed by atoms with Gasteiger partial charge in [0.1, 0.15) is 0 Å². The summed E-state index contributed by atoms with van der Waals surface area (Å²) in [5, 5.41) is 23.1. The van der Waals surface area contributed by atoms with E-state index >= 15 is 0 Å². The fourth-order valence-electron chi connectivity index (χ4n) is 1.20. The molecule has 0 aliphatic heterocycles. The van der Waals surface area contributed by atoms with Crippen molar-refractivity contribution in [1.82, 2.24) is 0 Å². The highest BCUT2D eigenvalue weighted by atomic mass is 32.2. The molecule has 0 aromatic heterocycles. The van der Waals surface area contributed by atoms with Crippen LogP contribution in [0.2, 0.25) is 0 Å². The molecule has 17 heavy (non-hydrogen) atoms. The monoisotopic (exact) mass is 254 g/mol. The van der Waals surface area contributed by atoms with Crippen molar-refractivity contribution in [3.05, 3.63) is 0 Å². The number of unbranched alkanes of at least 4 members (excludes halogenated alkanes) is 6. The Morgan fingerprint density at radius 3 is 1.53 bits per heavy atom. The molecule has 96 valence electrons. The van der Waals surface area contributed by atoms with Crippen LogP contribution in [0.15, 0.2) is 0 Å². The molecule has 0 rings (SSSR count). The number of hydrogen-bond acceptors (Lipinski definition) is 3. The van der Waals surface area contributed by atoms with E-state index in [4.69, 9.17) is 10.2 Å². The minimum absolute atomic E-state index is 0.282. The molecule has 0 saturated carbocycles. The van der Waals surface area contributed by atoms with Gasteiger partial charge in [0, 0.05) is 37.8 Å². The van der Waals surface area contributed by atoms with E-state index in [1.54, 1.807) is 0 Å². The largest absolute Gasteiger partial charge is 0.396 e. The highest BCUT2D eigenvalue weighted by molar-refractivity contribution is 8.08. The molecule has 0 fully saturated rings. The summed E-state index contributed by atoms with van der Waals surface area (Å²) in [6.07, 6.45) is 7.76. The van der Waals surface area contributed by atoms with Crippen molar-refractivity contribution in [3.63, 3.8) is 0 Å². The molecule has 0 aliphatic carbocycles. The summed E-state index contributed by atoms with van der Waals surface area (Å²) in [5.41, 5.74) is 0. The van der Waals surface area contributed by atoms with Crippen LogP contribution in [0.3, 0.4) is 0 Å². The average molecular weight is 254 g/mol. The molecule has 0 aromatic rings. The molecule has 0 atom stereocenters. The van der Waals surface area contributed by atoms with E-state index in [2.05, 4.69) is 22.3 Å². The van der Waals surface area contributed by atoms with Crippen LogP contribution in [0, 0.1) is 22.3 Å². The summed E-state index contributed by atoms with van der Waals surface area (Å²) in [5.74, 6) is 6.10. The maximum Gasteiger partial charge on any atom is 0.0431 e. The summed E-state index contributed by atoms with van der Waals surface area (Å²) >= 11 is 1.36. The first-order valence-corrected chi connectivity index (χ1v) is 7.06. The Morgan fingerprint density at radius 1 is 0.647 bits per heavy atom. The summed E-state index contributed by atoms with van der Waals surface area (Å²) in [4.78, 5) is 0. The van der Waals surface area contributed by atoms with E-state index in [0.717, 1.165) is 51.4 Å². The van der Waals surface area contributed by atoms with E-state index in [-0.39, 0.29) is 13.2 Å². The van der Waals surface area contributed by atoms with Gasteiger partial charge in [0.2, 0.25) is 0 Å². The van der Waals surface area contributed by atoms with Gasteiger partial charge in [-0.1, -0.05) is 24.7 Å². The fraction of sp³-hybridized carbons (Fsp3) is 0.714. The van der Waals surface area contributed by atoms with Crippen LogP contribution in [0.4, 0.5) is 0 Å². The molecule has 3 heteroatoms. The van der Waals surface area contributed by atoms with Crippen LogP contribution < -0.4 is 0 Å². The smallest absolute Gasteiger partial charge is 0.0431 e. The molecule has 2 N–H and O–H groups in total. The molecule has 0 saturated heterocycles. The second-order valence-electron chi connectivity index (χ2n) is 3.73. The molecule has 2 nitrogen and oxygen atoms in total. The normalized spacial score (nSPS) is 9.06. The van der Waals surface area contributed by atoms with Gasteiger partial charge in [-0.2, -0.15) is 0 Å². The Labute approximate surface area is 109 Å². The molecule has 0 heterocycles. The lowest BCUT2D eigenvalue weighted by atomic mass is 10.2. The summed E-state index contributed by atoms with van der Waals surface area (Å²) in [6, 6.07) is 0. The van der Waals surface area contributed by atoms with Crippen molar-refractivity contribution < 1.29 is 10.2 Å². The zero-order chi connectivity index (χ0) is 12.6. The molecule has 0 amide bonds. The third-order valence-corrected chi connectivity index (χ3v) is 2.66. The van der Waals surface area contributed by atoms with Crippen molar-refractivity contribution in [2.24, 2.45) is 0 Å². The third-order valence-electron chi connectivity index (χ3n) is 2.17. The number of hydrogen-bond donors (Lipinski definition) is 2. The van der Waals surface area contributed by atoms with Crippen molar-refractivity contribution in [3.8, 4) is 22.3 Å². The molecule has 0 aromatic carbocycles. The quantitative estimate of drug-likeness (QED) is 0.517. The lowest BCUT2D eigenvalue weighted by molar-refractivity contribution is 0.283. The van der Waals surface area contributed by atoms with Gasteiger partial charge in [0.25, 0.3) is 0 Å². The Balaban J connectivity index is 3.25. The number of thioether (sulfide) groups is 1. The van der Waals surface area contributed by atoms with E-state index in [1.165, 1.54) is 11.8 Å². The van der Waals surface area contributed by atoms with Crippen LogP contribution in [0.1, 0.15) is 51.4 Å². The summed E-state index contributed by atoms with van der Waals surface area (Å²) in [7, 11) is 0. The molecular formula is C14H22O2S. The van der Waals surface area contributed by atoms with Crippen LogP contribution in [0.5, 0.6) is 0 Å². The van der Waals surface area contributed by atoms with Gasteiger partial charge in [-0.3, -0.25) is 0 Å². The van der Waals surface area contributed by atoms with E-state index in [1.807, 2.05) is 0 Å². The minimum atomic E-state index is 0.282. The summed E-state index contributed by atoms with van der Waals surface area (Å²) < 4.78 is 0. The van der Waals surface area contributed by atoms with Gasteiger partial charge in [-0.25, -0.2) is 0 Å². The second kappa shape index (κ2) is 15.4. The van der Waals surface area contributed by atoms with E-state index in [0.29, 0.717) is 0 Å². The number of rotatable bonds is 8. The molecule has 0 aliphatic rings. The Hall–Kier alpha value is -0.610. The van der Waals surface area contributed by atoms with Gasteiger partial charge >= 0.3 is 0 Å². The first-order valence-electron chi connectivity index (χ1n) is 6.25. The van der Waals surface area contributed by atoms with E-state index in [9.17, 15) is 0 Å². The number of aliphatic hydroxyl groups is 2. The summed E-state index contributed by atoms with van der Waals surface area (Å²) in [6.45, 7) is 0.563. The molecular weight excluding hydrogens is 232 g/mol. The van der Waals surface area contributed by atoms with Crippen LogP contribution >= 0.6 is 11.8 Å². The zero-order valence-corrected chi connectivity index (χ0v) is 11.2. The predicted molar refractivity (Wildman–Crippen MR) is 74.3 cm³/mol. The van der Waals surface area contributed by atoms with Crippen LogP contribution in [-0.4, -0.2) is 23.4 Å². The van der Waals surface area contributed by atoms with Gasteiger partial charge in [0.15, 0.2) is 0 Å². The third kappa shape index (κ3) is 15.4. The van der Waals surface area contributed by atoms with Gasteiger partial charge in [-0.15, -0.1) is 0 Å². The fourth-order valence-corrected chi connectivity index (χ4v) is 1.60. The average Bonchev–Trinajstić information content (AvgIpc) is 2.35. The molecule has 0 spiro atoms. The lowest BCUT2D eigenvalue weighted by Gasteiger charge is -1.91. The Morgan fingerprint density at radius 2 is 1.12 bits per heavy atom. The highest BCUT2D eigenvalue weighted by Crippen LogP contribution is 2.00.